The van der Waals surface area contributed by atoms with E-state index in [1.165, 1.54) is 17.6 Å². The molecule has 1 aliphatic carbocycles. The van der Waals surface area contributed by atoms with E-state index in [0.717, 1.165) is 30.4 Å². The molecule has 0 saturated carbocycles. The van der Waals surface area contributed by atoms with Crippen molar-refractivity contribution in [2.75, 3.05) is 6.54 Å². The number of aromatic nitrogens is 1. The molecule has 1 aromatic heterocycles. The molecular weight excluding hydrogens is 331 g/mol. The van der Waals surface area contributed by atoms with E-state index >= 15 is 0 Å². The van der Waals surface area contributed by atoms with Gasteiger partial charge in [0.05, 0.1) is 6.20 Å². The van der Waals surface area contributed by atoms with Crippen LogP contribution in [0.15, 0.2) is 54.9 Å². The van der Waals surface area contributed by atoms with Gasteiger partial charge in [0, 0.05) is 12.2 Å². The fourth-order valence-corrected chi connectivity index (χ4v) is 3.24. The van der Waals surface area contributed by atoms with Crippen LogP contribution in [0.1, 0.15) is 18.4 Å². The number of allylic oxidation sites excluding steroid dienone is 1. The molecular formula is C18H20Cl2N2O. The molecule has 1 N–H and O–H groups in total. The van der Waals surface area contributed by atoms with E-state index in [1.807, 2.05) is 36.5 Å². The van der Waals surface area contributed by atoms with Gasteiger partial charge in [0.2, 0.25) is 0 Å². The van der Waals surface area contributed by atoms with Gasteiger partial charge in [0.15, 0.2) is 0 Å². The molecule has 4 rings (SSSR count). The summed E-state index contributed by atoms with van der Waals surface area (Å²) < 4.78 is 5.87. The lowest BCUT2D eigenvalue weighted by molar-refractivity contribution is 0.480. The van der Waals surface area contributed by atoms with Gasteiger partial charge in [0.25, 0.3) is 0 Å². The molecule has 3 nitrogen and oxygen atoms in total. The van der Waals surface area contributed by atoms with Crippen molar-refractivity contribution in [3.8, 4) is 11.5 Å². The summed E-state index contributed by atoms with van der Waals surface area (Å²) in [5, 5.41) is 3.54. The Bertz CT molecular complexity index is 676. The number of para-hydroxylation sites is 1. The molecule has 0 radical (unpaired) electrons. The first-order valence-corrected chi connectivity index (χ1v) is 7.49. The second-order valence-corrected chi connectivity index (χ2v) is 5.84. The molecule has 0 spiro atoms. The normalized spacial score (nSPS) is 21.7. The topological polar surface area (TPSA) is 34.1 Å². The fraction of sp³-hybridized carbons (Fsp3) is 0.278. The highest BCUT2D eigenvalue weighted by Crippen LogP contribution is 2.35. The SMILES string of the molecule is C1=C(c2cncc(Oc3ccccc3)c2)CC2CNC1C2.Cl.Cl. The Balaban J connectivity index is 0.000000960. The van der Waals surface area contributed by atoms with Crippen LogP contribution in [0.25, 0.3) is 5.57 Å². The van der Waals surface area contributed by atoms with Gasteiger partial charge in [-0.3, -0.25) is 4.98 Å². The van der Waals surface area contributed by atoms with Gasteiger partial charge in [-0.15, -0.1) is 24.8 Å². The zero-order valence-corrected chi connectivity index (χ0v) is 14.3. The van der Waals surface area contributed by atoms with Crippen LogP contribution in [-0.2, 0) is 0 Å². The van der Waals surface area contributed by atoms with Crippen molar-refractivity contribution in [2.24, 2.45) is 5.92 Å². The van der Waals surface area contributed by atoms with Crippen molar-refractivity contribution in [1.29, 1.82) is 0 Å². The van der Waals surface area contributed by atoms with Gasteiger partial charge in [-0.1, -0.05) is 24.3 Å². The molecule has 1 aromatic carbocycles. The molecule has 2 atom stereocenters. The Labute approximate surface area is 149 Å². The largest absolute Gasteiger partial charge is 0.456 e. The summed E-state index contributed by atoms with van der Waals surface area (Å²) in [6.45, 7) is 1.14. The highest BCUT2D eigenvalue weighted by atomic mass is 35.5. The average Bonchev–Trinajstić information content (AvgIpc) is 2.87. The lowest BCUT2D eigenvalue weighted by Gasteiger charge is -2.18. The quantitative estimate of drug-likeness (QED) is 0.885. The molecule has 122 valence electrons. The number of nitrogens with zero attached hydrogens (tertiary/aromatic N) is 1. The lowest BCUT2D eigenvalue weighted by Crippen LogP contribution is -2.18. The van der Waals surface area contributed by atoms with Crippen molar-refractivity contribution >= 4 is 30.4 Å². The summed E-state index contributed by atoms with van der Waals surface area (Å²) in [6.07, 6.45) is 8.48. The van der Waals surface area contributed by atoms with Gasteiger partial charge in [-0.2, -0.15) is 0 Å². The molecule has 2 unspecified atom stereocenters. The molecule has 2 aliphatic rings. The Morgan fingerprint density at radius 1 is 1.04 bits per heavy atom. The van der Waals surface area contributed by atoms with Gasteiger partial charge >= 0.3 is 0 Å². The van der Waals surface area contributed by atoms with Crippen LogP contribution >= 0.6 is 24.8 Å². The summed E-state index contributed by atoms with van der Waals surface area (Å²) in [5.74, 6) is 2.41. The van der Waals surface area contributed by atoms with Crippen LogP contribution in [0.5, 0.6) is 11.5 Å². The number of hydrogen-bond donors (Lipinski definition) is 1. The number of rotatable bonds is 3. The van der Waals surface area contributed by atoms with Gasteiger partial charge in [0.1, 0.15) is 11.5 Å². The highest BCUT2D eigenvalue weighted by Gasteiger charge is 2.28. The minimum Gasteiger partial charge on any atom is -0.456 e. The van der Waals surface area contributed by atoms with E-state index < -0.39 is 0 Å². The van der Waals surface area contributed by atoms with E-state index in [-0.39, 0.29) is 24.8 Å². The first-order valence-electron chi connectivity index (χ1n) is 7.49. The summed E-state index contributed by atoms with van der Waals surface area (Å²) in [6, 6.07) is 12.5. The molecule has 1 saturated heterocycles. The monoisotopic (exact) mass is 350 g/mol. The van der Waals surface area contributed by atoms with Crippen molar-refractivity contribution in [3.05, 3.63) is 60.4 Å². The predicted molar refractivity (Wildman–Crippen MR) is 97.7 cm³/mol. The Kier molecular flexibility index (Phi) is 6.05. The third-order valence-corrected chi connectivity index (χ3v) is 4.23. The predicted octanol–water partition coefficient (Wildman–Crippen LogP) is 4.48. The van der Waals surface area contributed by atoms with Crippen molar-refractivity contribution in [3.63, 3.8) is 0 Å². The van der Waals surface area contributed by atoms with Crippen LogP contribution in [-0.4, -0.2) is 17.6 Å². The van der Waals surface area contributed by atoms with Crippen LogP contribution in [0.4, 0.5) is 0 Å². The zero-order valence-electron chi connectivity index (χ0n) is 12.6. The van der Waals surface area contributed by atoms with Crippen LogP contribution in [0.2, 0.25) is 0 Å². The Morgan fingerprint density at radius 3 is 2.65 bits per heavy atom. The van der Waals surface area contributed by atoms with E-state index in [1.54, 1.807) is 6.20 Å². The van der Waals surface area contributed by atoms with E-state index in [9.17, 15) is 0 Å². The number of ether oxygens (including phenoxy) is 1. The Hall–Kier alpha value is -1.55. The summed E-state index contributed by atoms with van der Waals surface area (Å²) in [5.41, 5.74) is 2.58. The second-order valence-electron chi connectivity index (χ2n) is 5.84. The van der Waals surface area contributed by atoms with Gasteiger partial charge < -0.3 is 10.1 Å². The smallest absolute Gasteiger partial charge is 0.146 e. The molecule has 5 heteroatoms. The minimum atomic E-state index is 0. The van der Waals surface area contributed by atoms with Crippen LogP contribution < -0.4 is 10.1 Å². The lowest BCUT2D eigenvalue weighted by atomic mass is 9.87. The number of nitrogens with one attached hydrogen (secondary N) is 1. The van der Waals surface area contributed by atoms with Crippen LogP contribution in [0, 0.1) is 5.92 Å². The second kappa shape index (κ2) is 7.82. The standard InChI is InChI=1S/C18H18N2O.2ClH/c1-2-4-17(5-3-1)21-18-9-15(11-19-12-18)14-6-13-7-16(8-14)20-10-13;;/h1-5,8-9,11-13,16,20H,6-7,10H2;2*1H. The molecule has 2 aromatic rings. The van der Waals surface area contributed by atoms with Crippen molar-refractivity contribution in [1.82, 2.24) is 10.3 Å². The van der Waals surface area contributed by atoms with Crippen molar-refractivity contribution in [2.45, 2.75) is 18.9 Å². The fourth-order valence-electron chi connectivity index (χ4n) is 3.24. The van der Waals surface area contributed by atoms with Gasteiger partial charge in [-0.25, -0.2) is 0 Å². The first kappa shape index (κ1) is 17.8. The maximum atomic E-state index is 5.87. The van der Waals surface area contributed by atoms with Crippen LogP contribution in [0.3, 0.4) is 0 Å². The van der Waals surface area contributed by atoms with Crippen molar-refractivity contribution < 1.29 is 4.74 Å². The third kappa shape index (κ3) is 4.05. The molecule has 1 fully saturated rings. The van der Waals surface area contributed by atoms with Gasteiger partial charge in [-0.05, 0) is 54.6 Å². The third-order valence-electron chi connectivity index (χ3n) is 4.23. The minimum absolute atomic E-state index is 0. The Morgan fingerprint density at radius 2 is 1.87 bits per heavy atom. The number of fused-ring (bicyclic) bond motifs is 2. The molecule has 2 bridgehead atoms. The summed E-state index contributed by atoms with van der Waals surface area (Å²) in [4.78, 5) is 4.34. The number of hydrogen-bond acceptors (Lipinski definition) is 3. The molecule has 0 amide bonds. The molecule has 1 aliphatic heterocycles. The number of pyridine rings is 1. The maximum Gasteiger partial charge on any atom is 0.146 e. The summed E-state index contributed by atoms with van der Waals surface area (Å²) in [7, 11) is 0. The van der Waals surface area contributed by atoms with E-state index in [4.69, 9.17) is 4.74 Å². The molecule has 2 heterocycles. The summed E-state index contributed by atoms with van der Waals surface area (Å²) >= 11 is 0. The first-order chi connectivity index (χ1) is 10.4. The number of benzene rings is 1. The molecule has 23 heavy (non-hydrogen) atoms. The highest BCUT2D eigenvalue weighted by molar-refractivity contribution is 5.85. The van der Waals surface area contributed by atoms with E-state index in [2.05, 4.69) is 22.4 Å². The zero-order chi connectivity index (χ0) is 14.1. The average molecular weight is 351 g/mol. The number of halogens is 2. The maximum absolute atomic E-state index is 5.87. The van der Waals surface area contributed by atoms with E-state index in [0.29, 0.717) is 6.04 Å².